The van der Waals surface area contributed by atoms with Crippen molar-refractivity contribution >= 4 is 10.6 Å². The van der Waals surface area contributed by atoms with Crippen molar-refractivity contribution in [2.45, 2.75) is 0 Å². The van der Waals surface area contributed by atoms with Crippen molar-refractivity contribution < 1.29 is 21.0 Å². The van der Waals surface area contributed by atoms with Crippen LogP contribution in [0.15, 0.2) is 36.4 Å². The van der Waals surface area contributed by atoms with Gasteiger partial charge in [-0.3, -0.25) is 0 Å². The predicted octanol–water partition coefficient (Wildman–Crippen LogP) is 1.75. The Kier molecular flexibility index (Phi) is 3.25. The summed E-state index contributed by atoms with van der Waals surface area (Å²) in [7, 11) is 0. The van der Waals surface area contributed by atoms with Crippen LogP contribution in [-0.4, -0.2) is 9.67 Å². The maximum atomic E-state index is 8.79. The average Bonchev–Trinajstić information content (AvgIpc) is 2.03. The van der Waals surface area contributed by atoms with Gasteiger partial charge in [-0.05, 0) is 0 Å². The normalized spacial score (nSPS) is 10.3. The number of rotatable bonds is 2. The third-order valence-corrected chi connectivity index (χ3v) is 1.43. The molecule has 0 saturated carbocycles. The van der Waals surface area contributed by atoms with Gasteiger partial charge in [-0.2, -0.15) is 0 Å². The Bertz CT molecular complexity index is 264. The van der Waals surface area contributed by atoms with Gasteiger partial charge in [-0.25, -0.2) is 0 Å². The number of hydrogen-bond acceptors (Lipinski definition) is 1. The number of aliphatic hydroxyl groups excluding tert-OH is 1. The minimum atomic E-state index is 0.203. The molecule has 0 heterocycles. The van der Waals surface area contributed by atoms with E-state index in [2.05, 4.69) is 15.9 Å². The molecule has 0 atom stereocenters. The van der Waals surface area contributed by atoms with Gasteiger partial charge < -0.3 is 0 Å². The molecule has 0 aliphatic rings. The molecule has 0 aliphatic heterocycles. The topological polar surface area (TPSA) is 20.2 Å². The van der Waals surface area contributed by atoms with E-state index in [-0.39, 0.29) is 4.57 Å². The third kappa shape index (κ3) is 3.29. The molecule has 0 amide bonds. The molecule has 56 valence electrons. The van der Waals surface area contributed by atoms with Crippen LogP contribution in [0.3, 0.4) is 0 Å². The van der Waals surface area contributed by atoms with Crippen molar-refractivity contribution in [1.29, 1.82) is 0 Å². The van der Waals surface area contributed by atoms with Crippen LogP contribution in [-0.2, 0) is 15.9 Å². The van der Waals surface area contributed by atoms with E-state index in [0.29, 0.717) is 0 Å². The van der Waals surface area contributed by atoms with E-state index in [9.17, 15) is 0 Å². The molecule has 11 heavy (non-hydrogen) atoms. The van der Waals surface area contributed by atoms with Crippen LogP contribution in [0.5, 0.6) is 0 Å². The molecular weight excluding hydrogens is 176 g/mol. The second-order valence-electron chi connectivity index (χ2n) is 2.08. The molecule has 0 aliphatic carbocycles. The zero-order valence-electron chi connectivity index (χ0n) is 5.90. The van der Waals surface area contributed by atoms with E-state index >= 15 is 0 Å². The first kappa shape index (κ1) is 8.42. The van der Waals surface area contributed by atoms with Gasteiger partial charge in [0.2, 0.25) is 0 Å². The molecule has 0 bridgehead atoms. The standard InChI is InChI=1S/C9H8O.Cr/c10-8-4-7-9-5-2-1-3-6-9;/h1-7,10H;/b7-4+;. The molecule has 0 spiro atoms. The summed E-state index contributed by atoms with van der Waals surface area (Å²) in [4.78, 5) is 0. The summed E-state index contributed by atoms with van der Waals surface area (Å²) in [5, 5.41) is 8.79. The maximum absolute atomic E-state index is 8.79. The van der Waals surface area contributed by atoms with Crippen LogP contribution >= 0.6 is 0 Å². The molecule has 0 radical (unpaired) electrons. The molecule has 0 unspecified atom stereocenters. The minimum absolute atomic E-state index is 0.203. The van der Waals surface area contributed by atoms with E-state index in [1.165, 1.54) is 0 Å². The van der Waals surface area contributed by atoms with Gasteiger partial charge in [0.15, 0.2) is 0 Å². The van der Waals surface area contributed by atoms with Gasteiger partial charge in [-0.1, -0.05) is 0 Å². The molecule has 1 rings (SSSR count). The van der Waals surface area contributed by atoms with Crippen molar-refractivity contribution in [1.82, 2.24) is 0 Å². The van der Waals surface area contributed by atoms with Crippen molar-refractivity contribution in [2.75, 3.05) is 0 Å². The number of aliphatic hydroxyl groups is 1. The van der Waals surface area contributed by atoms with Crippen LogP contribution in [0, 0.1) is 0 Å². The van der Waals surface area contributed by atoms with E-state index < -0.39 is 0 Å². The Morgan fingerprint density at radius 3 is 2.45 bits per heavy atom. The van der Waals surface area contributed by atoms with Gasteiger partial charge in [0.1, 0.15) is 0 Å². The van der Waals surface area contributed by atoms with Crippen LogP contribution in [0.2, 0.25) is 0 Å². The Morgan fingerprint density at radius 2 is 1.91 bits per heavy atom. The summed E-state index contributed by atoms with van der Waals surface area (Å²) >= 11 is 2.50. The number of hydrogen-bond donors (Lipinski definition) is 1. The Balaban J connectivity index is 2.72. The fourth-order valence-corrected chi connectivity index (χ4v) is 0.838. The fourth-order valence-electron chi connectivity index (χ4n) is 0.732. The summed E-state index contributed by atoms with van der Waals surface area (Å²) in [6.45, 7) is 0. The molecule has 0 aromatic heterocycles. The summed E-state index contributed by atoms with van der Waals surface area (Å²) in [6.07, 6.45) is 3.46. The Labute approximate surface area is 74.0 Å². The fraction of sp³-hybridized carbons (Fsp3) is 0. The van der Waals surface area contributed by atoms with Crippen LogP contribution < -0.4 is 0 Å². The first-order valence-electron chi connectivity index (χ1n) is 3.25. The SMILES string of the molecule is O[C](=[Cr])/C=C/c1ccccc1. The van der Waals surface area contributed by atoms with Crippen molar-refractivity contribution in [3.63, 3.8) is 0 Å². The van der Waals surface area contributed by atoms with Gasteiger partial charge in [-0.15, -0.1) is 0 Å². The summed E-state index contributed by atoms with van der Waals surface area (Å²) < 4.78 is 0.203. The zero-order chi connectivity index (χ0) is 8.10. The van der Waals surface area contributed by atoms with E-state index in [4.69, 9.17) is 5.11 Å². The molecule has 0 saturated heterocycles. The summed E-state index contributed by atoms with van der Waals surface area (Å²) in [5.41, 5.74) is 1.08. The molecule has 1 N–H and O–H groups in total. The summed E-state index contributed by atoms with van der Waals surface area (Å²) in [5.74, 6) is 0. The Hall–Kier alpha value is -0.678. The third-order valence-electron chi connectivity index (χ3n) is 1.22. The predicted molar refractivity (Wildman–Crippen MR) is 42.4 cm³/mol. The molecule has 1 aromatic carbocycles. The second kappa shape index (κ2) is 4.25. The monoisotopic (exact) mass is 184 g/mol. The van der Waals surface area contributed by atoms with Crippen LogP contribution in [0.1, 0.15) is 5.56 Å². The molecular formula is C9H8CrO. The van der Waals surface area contributed by atoms with E-state index in [1.807, 2.05) is 36.4 Å². The van der Waals surface area contributed by atoms with Gasteiger partial charge in [0, 0.05) is 0 Å². The van der Waals surface area contributed by atoms with Crippen molar-refractivity contribution in [2.24, 2.45) is 0 Å². The molecule has 1 aromatic rings. The quantitative estimate of drug-likeness (QED) is 0.742. The van der Waals surface area contributed by atoms with E-state index in [1.54, 1.807) is 6.08 Å². The van der Waals surface area contributed by atoms with Gasteiger partial charge >= 0.3 is 73.6 Å². The van der Waals surface area contributed by atoms with Crippen molar-refractivity contribution in [3.05, 3.63) is 42.0 Å². The number of benzene rings is 1. The summed E-state index contributed by atoms with van der Waals surface area (Å²) in [6, 6.07) is 9.81. The van der Waals surface area contributed by atoms with Crippen molar-refractivity contribution in [3.8, 4) is 0 Å². The average molecular weight is 184 g/mol. The first-order valence-corrected chi connectivity index (χ1v) is 3.89. The van der Waals surface area contributed by atoms with E-state index in [0.717, 1.165) is 5.56 Å². The first-order chi connectivity index (χ1) is 5.29. The zero-order valence-corrected chi connectivity index (χ0v) is 7.17. The van der Waals surface area contributed by atoms with Gasteiger partial charge in [0.05, 0.1) is 0 Å². The van der Waals surface area contributed by atoms with Crippen LogP contribution in [0.4, 0.5) is 0 Å². The van der Waals surface area contributed by atoms with Crippen LogP contribution in [0.25, 0.3) is 6.08 Å². The second-order valence-corrected chi connectivity index (χ2v) is 2.74. The molecule has 2 heteroatoms. The van der Waals surface area contributed by atoms with Gasteiger partial charge in [0.25, 0.3) is 0 Å². The molecule has 0 fully saturated rings. The molecule has 1 nitrogen and oxygen atoms in total. The Morgan fingerprint density at radius 1 is 1.27 bits per heavy atom.